The largest absolute Gasteiger partial charge is 0.496 e. The van der Waals surface area contributed by atoms with E-state index in [4.69, 9.17) is 33.5 Å². The van der Waals surface area contributed by atoms with Gasteiger partial charge in [-0.2, -0.15) is 0 Å². The molecule has 0 saturated carbocycles. The Bertz CT molecular complexity index is 1240. The third-order valence-corrected chi connectivity index (χ3v) is 7.54. The lowest BCUT2D eigenvalue weighted by Gasteiger charge is -2.30. The van der Waals surface area contributed by atoms with Crippen LogP contribution in [0.25, 0.3) is 0 Å². The van der Waals surface area contributed by atoms with Crippen LogP contribution in [0, 0.1) is 10.5 Å². The van der Waals surface area contributed by atoms with E-state index in [-0.39, 0.29) is 6.42 Å². The highest BCUT2D eigenvalue weighted by Crippen LogP contribution is 2.54. The average Bonchev–Trinajstić information content (AvgIpc) is 2.96. The van der Waals surface area contributed by atoms with Gasteiger partial charge in [0.05, 0.1) is 48.6 Å². The van der Waals surface area contributed by atoms with E-state index in [1.807, 2.05) is 55.3 Å². The van der Waals surface area contributed by atoms with E-state index in [2.05, 4.69) is 22.6 Å². The number of carboxylic acids is 1. The van der Waals surface area contributed by atoms with Crippen molar-refractivity contribution in [3.63, 3.8) is 0 Å². The molecule has 1 N–H and O–H groups in total. The second kappa shape index (κ2) is 14.4. The number of hydrogen-bond acceptors (Lipinski definition) is 8. The highest BCUT2D eigenvalue weighted by atomic mass is 127. The molecule has 1 atom stereocenters. The molecular formula is C31H38INO8. The van der Waals surface area contributed by atoms with Gasteiger partial charge in [0.15, 0.2) is 0 Å². The minimum Gasteiger partial charge on any atom is -0.496 e. The molecule has 0 spiro atoms. The maximum Gasteiger partial charge on any atom is 0.303 e. The van der Waals surface area contributed by atoms with Gasteiger partial charge < -0.3 is 38.4 Å². The zero-order valence-corrected chi connectivity index (χ0v) is 27.0. The normalized spacial score (nSPS) is 11.4. The van der Waals surface area contributed by atoms with Crippen molar-refractivity contribution < 1.29 is 38.3 Å². The Morgan fingerprint density at radius 2 is 1.10 bits per heavy atom. The average molecular weight is 680 g/mol. The molecule has 10 heteroatoms. The molecule has 0 saturated heterocycles. The summed E-state index contributed by atoms with van der Waals surface area (Å²) in [5.41, 5.74) is 4.00. The maximum absolute atomic E-state index is 11.1. The highest BCUT2D eigenvalue weighted by Gasteiger charge is 2.35. The van der Waals surface area contributed by atoms with E-state index >= 15 is 0 Å². The molecule has 3 rings (SSSR count). The van der Waals surface area contributed by atoms with Gasteiger partial charge in [-0.1, -0.05) is 0 Å². The van der Waals surface area contributed by atoms with Crippen molar-refractivity contribution >= 4 is 34.2 Å². The first kappa shape index (κ1) is 32.0. The van der Waals surface area contributed by atoms with Crippen molar-refractivity contribution in [3.05, 3.63) is 62.2 Å². The molecule has 9 nitrogen and oxygen atoms in total. The molecule has 0 fully saturated rings. The molecule has 0 radical (unpaired) electrons. The molecule has 0 heterocycles. The van der Waals surface area contributed by atoms with Gasteiger partial charge in [-0.25, -0.2) is 0 Å². The van der Waals surface area contributed by atoms with Crippen molar-refractivity contribution in [2.45, 2.75) is 25.7 Å². The van der Waals surface area contributed by atoms with Gasteiger partial charge in [0.2, 0.25) is 0 Å². The number of carbonyl (C=O) groups is 1. The molecule has 0 aliphatic rings. The monoisotopic (exact) mass is 679 g/mol. The predicted molar refractivity (Wildman–Crippen MR) is 167 cm³/mol. The number of nitrogens with zero attached hydrogens (tertiary/aromatic N) is 1. The number of methoxy groups -OCH3 is 6. The van der Waals surface area contributed by atoms with Gasteiger partial charge in [0.1, 0.15) is 34.5 Å². The second-order valence-corrected chi connectivity index (χ2v) is 10.7. The SMILES string of the molecule is COc1cc(C)cc(OC)c1C(c1c(OC)cc(I)cc1OC)c1c(OC)cc(N(C)CCCC(=O)O)cc1OC. The fourth-order valence-corrected chi connectivity index (χ4v) is 5.57. The molecule has 3 aromatic carbocycles. The first-order chi connectivity index (χ1) is 19.6. The smallest absolute Gasteiger partial charge is 0.303 e. The Morgan fingerprint density at radius 1 is 0.732 bits per heavy atom. The van der Waals surface area contributed by atoms with Gasteiger partial charge in [0.25, 0.3) is 0 Å². The zero-order chi connectivity index (χ0) is 30.3. The molecule has 0 aliphatic carbocycles. The summed E-state index contributed by atoms with van der Waals surface area (Å²) in [5.74, 6) is 2.18. The van der Waals surface area contributed by atoms with Crippen LogP contribution in [0.3, 0.4) is 0 Å². The van der Waals surface area contributed by atoms with Crippen LogP contribution in [0.4, 0.5) is 5.69 Å². The Labute approximate surface area is 255 Å². The van der Waals surface area contributed by atoms with Gasteiger partial charge in [-0.05, 0) is 65.8 Å². The molecule has 0 aliphatic heterocycles. The Morgan fingerprint density at radius 3 is 1.46 bits per heavy atom. The molecule has 0 aromatic heterocycles. The van der Waals surface area contributed by atoms with Gasteiger partial charge in [-0.15, -0.1) is 0 Å². The third kappa shape index (κ3) is 7.03. The minimum atomic E-state index is -0.826. The summed E-state index contributed by atoms with van der Waals surface area (Å²) in [5, 5.41) is 9.08. The molecule has 0 amide bonds. The minimum absolute atomic E-state index is 0.0815. The van der Waals surface area contributed by atoms with Crippen LogP contribution >= 0.6 is 22.6 Å². The van der Waals surface area contributed by atoms with Crippen LogP contribution in [-0.2, 0) is 4.79 Å². The lowest BCUT2D eigenvalue weighted by molar-refractivity contribution is -0.137. The number of hydrogen-bond donors (Lipinski definition) is 1. The summed E-state index contributed by atoms with van der Waals surface area (Å²) in [6.07, 6.45) is 0.577. The van der Waals surface area contributed by atoms with E-state index in [1.165, 1.54) is 0 Å². The van der Waals surface area contributed by atoms with E-state index in [9.17, 15) is 4.79 Å². The number of rotatable bonds is 14. The van der Waals surface area contributed by atoms with Crippen molar-refractivity contribution in [1.29, 1.82) is 0 Å². The van der Waals surface area contributed by atoms with Crippen molar-refractivity contribution in [2.75, 3.05) is 61.2 Å². The standard InChI is InChI=1S/C31H38INO8/c1-18-12-21(36-3)28(22(13-18)37-4)31(29-23(38-5)14-19(32)15-24(29)39-6)30-25(40-7)16-20(17-26(30)41-8)33(2)11-9-10-27(34)35/h12-17,31H,9-11H2,1-8H3,(H,34,35). The van der Waals surface area contributed by atoms with Crippen LogP contribution in [0.5, 0.6) is 34.5 Å². The summed E-state index contributed by atoms with van der Waals surface area (Å²) < 4.78 is 36.7. The number of aryl methyl sites for hydroxylation is 1. The number of benzene rings is 3. The van der Waals surface area contributed by atoms with Gasteiger partial charge in [-0.3, -0.25) is 4.79 Å². The van der Waals surface area contributed by atoms with Crippen molar-refractivity contribution in [3.8, 4) is 34.5 Å². The molecular weight excluding hydrogens is 641 g/mol. The topological polar surface area (TPSA) is 95.9 Å². The first-order valence-corrected chi connectivity index (χ1v) is 14.0. The zero-order valence-electron chi connectivity index (χ0n) is 24.8. The summed E-state index contributed by atoms with van der Waals surface area (Å²) in [6.45, 7) is 2.52. The summed E-state index contributed by atoms with van der Waals surface area (Å²) >= 11 is 2.23. The van der Waals surface area contributed by atoms with Crippen LogP contribution in [0.1, 0.15) is 41.0 Å². The number of carboxylic acid groups (broad SMARTS) is 1. The summed E-state index contributed by atoms with van der Waals surface area (Å²) in [6, 6.07) is 11.7. The number of halogens is 1. The first-order valence-electron chi connectivity index (χ1n) is 13.0. The van der Waals surface area contributed by atoms with E-state index < -0.39 is 11.9 Å². The Kier molecular flexibility index (Phi) is 11.2. The van der Waals surface area contributed by atoms with Crippen LogP contribution in [-0.4, -0.2) is 67.3 Å². The van der Waals surface area contributed by atoms with Crippen LogP contribution in [0.15, 0.2) is 36.4 Å². The maximum atomic E-state index is 11.1. The molecule has 3 aromatic rings. The third-order valence-electron chi connectivity index (χ3n) is 6.92. The molecule has 1 unspecified atom stereocenters. The van der Waals surface area contributed by atoms with E-state index in [1.54, 1.807) is 42.7 Å². The summed E-state index contributed by atoms with van der Waals surface area (Å²) in [4.78, 5) is 13.0. The van der Waals surface area contributed by atoms with E-state index in [0.29, 0.717) is 47.5 Å². The van der Waals surface area contributed by atoms with Crippen LogP contribution in [0.2, 0.25) is 0 Å². The van der Waals surface area contributed by atoms with E-state index in [0.717, 1.165) is 31.5 Å². The number of aliphatic carboxylic acids is 1. The fourth-order valence-electron chi connectivity index (χ4n) is 5.01. The van der Waals surface area contributed by atoms with Gasteiger partial charge >= 0.3 is 5.97 Å². The number of ether oxygens (including phenoxy) is 6. The number of anilines is 1. The van der Waals surface area contributed by atoms with Crippen molar-refractivity contribution in [1.82, 2.24) is 0 Å². The van der Waals surface area contributed by atoms with Gasteiger partial charge in [0, 0.05) is 58.1 Å². The lowest BCUT2D eigenvalue weighted by Crippen LogP contribution is -2.20. The molecule has 222 valence electrons. The second-order valence-electron chi connectivity index (χ2n) is 9.42. The van der Waals surface area contributed by atoms with Crippen molar-refractivity contribution in [2.24, 2.45) is 0 Å². The Balaban J connectivity index is 2.43. The van der Waals surface area contributed by atoms with Crippen LogP contribution < -0.4 is 33.3 Å². The Hall–Kier alpha value is -3.54. The highest BCUT2D eigenvalue weighted by molar-refractivity contribution is 14.1. The lowest BCUT2D eigenvalue weighted by atomic mass is 9.81. The predicted octanol–water partition coefficient (Wildman–Crippen LogP) is 6.13. The molecule has 41 heavy (non-hydrogen) atoms. The molecule has 0 bridgehead atoms. The quantitative estimate of drug-likeness (QED) is 0.160. The fraction of sp³-hybridized carbons (Fsp3) is 0.387. The summed E-state index contributed by atoms with van der Waals surface area (Å²) in [7, 11) is 11.6.